The molecule has 0 saturated carbocycles. The molecule has 276 valence electrons. The van der Waals surface area contributed by atoms with Gasteiger partial charge in [0.05, 0.1) is 18.5 Å². The number of carbonyl (C=O) groups is 3. The van der Waals surface area contributed by atoms with E-state index in [-0.39, 0.29) is 31.3 Å². The molecule has 0 saturated heterocycles. The van der Waals surface area contributed by atoms with E-state index in [4.69, 9.17) is 4.18 Å². The zero-order chi connectivity index (χ0) is 36.7. The minimum absolute atomic E-state index is 0.109. The van der Waals surface area contributed by atoms with Gasteiger partial charge in [-0.25, -0.2) is 0 Å². The Kier molecular flexibility index (Phi) is 39.9. The molecule has 0 spiro atoms. The molecule has 0 rings (SSSR count). The predicted octanol–water partition coefficient (Wildman–Crippen LogP) is 9.91. The van der Waals surface area contributed by atoms with E-state index in [0.717, 1.165) is 50.6 Å². The topological polar surface area (TPSA) is 105 Å². The van der Waals surface area contributed by atoms with Crippen LogP contribution in [-0.2, 0) is 18.6 Å². The smallest absolute Gasteiger partial charge is 0.321 e. The Morgan fingerprint density at radius 2 is 1.17 bits per heavy atom. The lowest BCUT2D eigenvalue weighted by Crippen LogP contribution is -2.44. The average molecular weight is 691 g/mol. The van der Waals surface area contributed by atoms with Gasteiger partial charge in [-0.05, 0) is 50.4 Å². The Labute approximate surface area is 299 Å². The number of aliphatic hydroxyl groups excluding tert-OH is 1. The van der Waals surface area contributed by atoms with Crippen LogP contribution in [0.15, 0.2) is 72.9 Å². The van der Waals surface area contributed by atoms with Crippen LogP contribution in [-0.4, -0.2) is 47.8 Å². The largest absolute Gasteiger partial charge is 0.391 e. The summed E-state index contributed by atoms with van der Waals surface area (Å²) in [5.41, 5.74) is -0.521. The monoisotopic (exact) mass is 691 g/mol. The van der Waals surface area contributed by atoms with E-state index in [1.54, 1.807) is 6.08 Å². The van der Waals surface area contributed by atoms with E-state index in [1.165, 1.54) is 19.3 Å². The predicted molar refractivity (Wildman–Crippen MR) is 209 cm³/mol. The van der Waals surface area contributed by atoms with Crippen molar-refractivity contribution in [2.75, 3.05) is 18.8 Å². The van der Waals surface area contributed by atoms with Crippen LogP contribution in [0.4, 0.5) is 0 Å². The molecule has 3 N–H and O–H groups in total. The fraction of sp³-hybridized carbons (Fsp3) is 0.625. The van der Waals surface area contributed by atoms with E-state index in [2.05, 4.69) is 92.2 Å². The molecule has 0 radical (unpaired) electrons. The minimum atomic E-state index is -1.12. The van der Waals surface area contributed by atoms with E-state index in [1.807, 2.05) is 40.7 Å². The van der Waals surface area contributed by atoms with Crippen molar-refractivity contribution in [3.63, 3.8) is 0 Å². The highest BCUT2D eigenvalue weighted by Gasteiger charge is 2.31. The van der Waals surface area contributed by atoms with Gasteiger partial charge in [0.1, 0.15) is 6.10 Å². The van der Waals surface area contributed by atoms with Crippen LogP contribution >= 0.6 is 12.0 Å². The Balaban J connectivity index is -0.00000262. The summed E-state index contributed by atoms with van der Waals surface area (Å²) in [7, 11) is 0. The molecule has 7 nitrogen and oxygen atoms in total. The Hall–Kier alpha value is -2.84. The van der Waals surface area contributed by atoms with E-state index < -0.39 is 17.4 Å². The van der Waals surface area contributed by atoms with Gasteiger partial charge in [-0.15, -0.1) is 0 Å². The molecule has 0 aliphatic heterocycles. The lowest BCUT2D eigenvalue weighted by Gasteiger charge is -2.28. The number of unbranched alkanes of at least 4 members (excludes halogenated alkanes) is 2. The third-order valence-electron chi connectivity index (χ3n) is 6.80. The van der Waals surface area contributed by atoms with Gasteiger partial charge in [0, 0.05) is 25.3 Å². The number of aliphatic hydroxyl groups is 1. The van der Waals surface area contributed by atoms with Crippen LogP contribution in [0.5, 0.6) is 0 Å². The van der Waals surface area contributed by atoms with Crippen molar-refractivity contribution in [2.45, 2.75) is 139 Å². The second-order valence-electron chi connectivity index (χ2n) is 11.4. The summed E-state index contributed by atoms with van der Waals surface area (Å²) in [5.74, 6) is -0.604. The van der Waals surface area contributed by atoms with Gasteiger partial charge < -0.3 is 19.9 Å². The number of carbonyl (C=O) groups excluding carboxylic acids is 3. The molecular weight excluding hydrogens is 621 g/mol. The molecule has 8 heteroatoms. The zero-order valence-corrected chi connectivity index (χ0v) is 32.4. The minimum Gasteiger partial charge on any atom is -0.391 e. The molecule has 2 amide bonds. The first-order valence-electron chi connectivity index (χ1n) is 18.1. The van der Waals surface area contributed by atoms with Crippen molar-refractivity contribution >= 4 is 29.8 Å². The first kappa shape index (κ1) is 49.5. The molecule has 0 aromatic rings. The van der Waals surface area contributed by atoms with Crippen molar-refractivity contribution in [2.24, 2.45) is 5.41 Å². The molecule has 0 fully saturated rings. The van der Waals surface area contributed by atoms with Crippen molar-refractivity contribution in [3.8, 4) is 0 Å². The number of allylic oxidation sites excluding steroid dienone is 11. The van der Waals surface area contributed by atoms with Crippen LogP contribution in [0, 0.1) is 5.41 Å². The molecule has 48 heavy (non-hydrogen) atoms. The Bertz CT molecular complexity index is 949. The van der Waals surface area contributed by atoms with Crippen LogP contribution < -0.4 is 10.6 Å². The van der Waals surface area contributed by atoms with Crippen molar-refractivity contribution in [1.82, 2.24) is 10.6 Å². The summed E-state index contributed by atoms with van der Waals surface area (Å²) in [6, 6.07) is 0. The SMILES string of the molecule is CC.CC/C=C\C/C=C\C/C=C\C/C=C\C/C=C\C/C=C\CC(=O)OSCCNC(=O)CCNC(=O)[C@H](O)C(C)(C)CC.CCCCC. The maximum Gasteiger partial charge on any atom is 0.321 e. The van der Waals surface area contributed by atoms with Crippen molar-refractivity contribution in [1.29, 1.82) is 0 Å². The summed E-state index contributed by atoms with van der Waals surface area (Å²) in [6.45, 7) is 16.6. The fourth-order valence-corrected chi connectivity index (χ4v) is 3.93. The quantitative estimate of drug-likeness (QED) is 0.0501. The summed E-state index contributed by atoms with van der Waals surface area (Å²) < 4.78 is 5.09. The van der Waals surface area contributed by atoms with Gasteiger partial charge in [-0.2, -0.15) is 0 Å². The second kappa shape index (κ2) is 38.6. The molecular formula is C40H70N2O5S. The number of hydrogen-bond acceptors (Lipinski definition) is 6. The summed E-state index contributed by atoms with van der Waals surface area (Å²) in [6.07, 6.45) is 34.9. The highest BCUT2D eigenvalue weighted by Crippen LogP contribution is 2.24. The summed E-state index contributed by atoms with van der Waals surface area (Å²) in [5, 5.41) is 15.4. The van der Waals surface area contributed by atoms with Gasteiger partial charge in [0.15, 0.2) is 0 Å². The highest BCUT2D eigenvalue weighted by molar-refractivity contribution is 7.95. The third-order valence-corrected chi connectivity index (χ3v) is 7.47. The van der Waals surface area contributed by atoms with Crippen molar-refractivity contribution in [3.05, 3.63) is 72.9 Å². The number of nitrogens with one attached hydrogen (secondary N) is 2. The molecule has 1 atom stereocenters. The number of hydrogen-bond donors (Lipinski definition) is 3. The fourth-order valence-electron chi connectivity index (χ4n) is 3.46. The summed E-state index contributed by atoms with van der Waals surface area (Å²) in [4.78, 5) is 35.6. The first-order chi connectivity index (χ1) is 23.2. The number of amides is 2. The van der Waals surface area contributed by atoms with Crippen LogP contribution in [0.1, 0.15) is 132 Å². The van der Waals surface area contributed by atoms with Gasteiger partial charge in [0.2, 0.25) is 11.8 Å². The van der Waals surface area contributed by atoms with Gasteiger partial charge in [0.25, 0.3) is 0 Å². The Morgan fingerprint density at radius 3 is 1.58 bits per heavy atom. The van der Waals surface area contributed by atoms with Crippen LogP contribution in [0.25, 0.3) is 0 Å². The summed E-state index contributed by atoms with van der Waals surface area (Å²) >= 11 is 0.998. The van der Waals surface area contributed by atoms with Gasteiger partial charge in [-0.1, -0.05) is 148 Å². The highest BCUT2D eigenvalue weighted by atomic mass is 32.2. The second-order valence-corrected chi connectivity index (χ2v) is 12.2. The first-order valence-corrected chi connectivity index (χ1v) is 19.0. The molecule has 0 heterocycles. The maximum absolute atomic E-state index is 12.0. The molecule has 0 aromatic heterocycles. The molecule has 0 aromatic carbocycles. The molecule has 0 unspecified atom stereocenters. The Morgan fingerprint density at radius 1 is 0.708 bits per heavy atom. The van der Waals surface area contributed by atoms with Crippen LogP contribution in [0.2, 0.25) is 0 Å². The standard InChI is InChI=1S/C33H52N2O5S.C5H12.C2H6/c1-5-7-8-9-10-11-12-13-14-15-16-17-18-19-20-21-22-23-24-30(37)40-41-28-27-34-29(36)25-26-35-32(39)31(38)33(3,4)6-2;1-3-5-4-2;1-2/h7-8,10-11,13-14,16-17,19-20,22-23,31,38H,5-6,9,12,15,18,21,24-28H2,1-4H3,(H,34,36)(H,35,39);3-5H2,1-2H3;1-2H3/b8-7-,11-10-,14-13-,17-16-,20-19-,23-22-;;/t31-;;/m0../s1. The molecule has 0 aliphatic rings. The van der Waals surface area contributed by atoms with Gasteiger partial charge in [-0.3, -0.25) is 14.4 Å². The van der Waals surface area contributed by atoms with E-state index in [9.17, 15) is 19.5 Å². The van der Waals surface area contributed by atoms with E-state index >= 15 is 0 Å². The van der Waals surface area contributed by atoms with Crippen molar-refractivity contribution < 1.29 is 23.7 Å². The third kappa shape index (κ3) is 36.0. The van der Waals surface area contributed by atoms with E-state index in [0.29, 0.717) is 18.7 Å². The lowest BCUT2D eigenvalue weighted by molar-refractivity contribution is -0.135. The lowest BCUT2D eigenvalue weighted by atomic mass is 9.83. The normalized spacial score (nSPS) is 12.4. The zero-order valence-electron chi connectivity index (χ0n) is 31.6. The maximum atomic E-state index is 12.0. The average Bonchev–Trinajstić information content (AvgIpc) is 3.08. The molecule has 0 aliphatic carbocycles. The van der Waals surface area contributed by atoms with Gasteiger partial charge >= 0.3 is 5.97 Å². The molecule has 0 bridgehead atoms. The van der Waals surface area contributed by atoms with Crippen LogP contribution in [0.3, 0.4) is 0 Å². The number of rotatable bonds is 25.